The molecule has 1 aliphatic rings. The highest BCUT2D eigenvalue weighted by Crippen LogP contribution is 2.18. The summed E-state index contributed by atoms with van der Waals surface area (Å²) in [6.45, 7) is 0.491. The summed E-state index contributed by atoms with van der Waals surface area (Å²) in [6.07, 6.45) is 3.02. The Kier molecular flexibility index (Phi) is 5.24. The first-order valence-electron chi connectivity index (χ1n) is 7.02. The van der Waals surface area contributed by atoms with Crippen molar-refractivity contribution < 1.29 is 14.6 Å². The quantitative estimate of drug-likeness (QED) is 0.786. The van der Waals surface area contributed by atoms with Gasteiger partial charge in [0.15, 0.2) is 0 Å². The number of hydrogen-bond acceptors (Lipinski definition) is 3. The molecule has 3 N–H and O–H groups in total. The van der Waals surface area contributed by atoms with Crippen LogP contribution in [0.1, 0.15) is 31.2 Å². The summed E-state index contributed by atoms with van der Waals surface area (Å²) in [5, 5.41) is 15.2. The van der Waals surface area contributed by atoms with Crippen molar-refractivity contribution >= 4 is 6.03 Å². The van der Waals surface area contributed by atoms with Crippen LogP contribution in [0.5, 0.6) is 5.75 Å². The van der Waals surface area contributed by atoms with Gasteiger partial charge in [0.2, 0.25) is 0 Å². The van der Waals surface area contributed by atoms with E-state index in [1.807, 2.05) is 24.3 Å². The Labute approximate surface area is 119 Å². The standard InChI is InChI=1S/C15H22N2O3/c1-20-14-8-2-11(3-9-14)10-16-15(19)17-12-4-6-13(18)7-5-12/h2-3,8-9,12-13,18H,4-7,10H2,1H3,(H2,16,17,19). The van der Waals surface area contributed by atoms with Crippen LogP contribution in [-0.2, 0) is 6.54 Å². The molecule has 2 amide bonds. The Balaban J connectivity index is 1.71. The maximum atomic E-state index is 11.8. The SMILES string of the molecule is COc1ccc(CNC(=O)NC2CCC(O)CC2)cc1. The van der Waals surface area contributed by atoms with Gasteiger partial charge in [-0.05, 0) is 43.4 Å². The maximum Gasteiger partial charge on any atom is 0.315 e. The van der Waals surface area contributed by atoms with Crippen molar-refractivity contribution in [1.82, 2.24) is 10.6 Å². The minimum atomic E-state index is -0.199. The van der Waals surface area contributed by atoms with Crippen LogP contribution in [0, 0.1) is 0 Å². The summed E-state index contributed by atoms with van der Waals surface area (Å²) in [6, 6.07) is 7.62. The normalized spacial score (nSPS) is 22.1. The molecule has 1 aromatic rings. The second kappa shape index (κ2) is 7.14. The number of nitrogens with one attached hydrogen (secondary N) is 2. The lowest BCUT2D eigenvalue weighted by Crippen LogP contribution is -2.43. The predicted molar refractivity (Wildman–Crippen MR) is 76.6 cm³/mol. The lowest BCUT2D eigenvalue weighted by molar-refractivity contribution is 0.117. The van der Waals surface area contributed by atoms with Gasteiger partial charge in [-0.2, -0.15) is 0 Å². The van der Waals surface area contributed by atoms with E-state index in [1.165, 1.54) is 0 Å². The van der Waals surface area contributed by atoms with E-state index in [2.05, 4.69) is 10.6 Å². The molecule has 0 unspecified atom stereocenters. The summed E-state index contributed by atoms with van der Waals surface area (Å²) in [5.41, 5.74) is 1.03. The average Bonchev–Trinajstić information content (AvgIpc) is 2.48. The highest BCUT2D eigenvalue weighted by Gasteiger charge is 2.20. The van der Waals surface area contributed by atoms with E-state index < -0.39 is 0 Å². The van der Waals surface area contributed by atoms with Gasteiger partial charge >= 0.3 is 6.03 Å². The molecule has 1 aliphatic carbocycles. The molecule has 20 heavy (non-hydrogen) atoms. The van der Waals surface area contributed by atoms with Crippen molar-refractivity contribution in [2.75, 3.05) is 7.11 Å². The summed E-state index contributed by atoms with van der Waals surface area (Å²) in [7, 11) is 1.63. The van der Waals surface area contributed by atoms with E-state index in [0.717, 1.165) is 37.0 Å². The highest BCUT2D eigenvalue weighted by molar-refractivity contribution is 5.74. The zero-order chi connectivity index (χ0) is 14.4. The molecular weight excluding hydrogens is 256 g/mol. The fraction of sp³-hybridized carbons (Fsp3) is 0.533. The van der Waals surface area contributed by atoms with Crippen LogP contribution < -0.4 is 15.4 Å². The van der Waals surface area contributed by atoms with Crippen LogP contribution in [0.15, 0.2) is 24.3 Å². The van der Waals surface area contributed by atoms with Gasteiger partial charge in [-0.25, -0.2) is 4.79 Å². The lowest BCUT2D eigenvalue weighted by Gasteiger charge is -2.26. The summed E-state index contributed by atoms with van der Waals surface area (Å²) < 4.78 is 5.08. The van der Waals surface area contributed by atoms with Crippen LogP contribution in [-0.4, -0.2) is 30.4 Å². The van der Waals surface area contributed by atoms with Crippen molar-refractivity contribution in [3.63, 3.8) is 0 Å². The molecule has 1 saturated carbocycles. The van der Waals surface area contributed by atoms with E-state index in [0.29, 0.717) is 6.54 Å². The molecule has 0 bridgehead atoms. The van der Waals surface area contributed by atoms with Gasteiger partial charge in [-0.1, -0.05) is 12.1 Å². The second-order valence-electron chi connectivity index (χ2n) is 5.18. The highest BCUT2D eigenvalue weighted by atomic mass is 16.5. The number of carbonyl (C=O) groups excluding carboxylic acids is 1. The van der Waals surface area contributed by atoms with E-state index in [1.54, 1.807) is 7.11 Å². The summed E-state index contributed by atoms with van der Waals surface area (Å²) in [4.78, 5) is 11.8. The topological polar surface area (TPSA) is 70.6 Å². The third kappa shape index (κ3) is 4.42. The number of amides is 2. The molecule has 1 fully saturated rings. The fourth-order valence-corrected chi connectivity index (χ4v) is 2.38. The first kappa shape index (κ1) is 14.7. The molecule has 0 saturated heterocycles. The molecule has 0 heterocycles. The Morgan fingerprint density at radius 3 is 2.50 bits per heavy atom. The smallest absolute Gasteiger partial charge is 0.315 e. The second-order valence-corrected chi connectivity index (χ2v) is 5.18. The average molecular weight is 278 g/mol. The van der Waals surface area contributed by atoms with E-state index in [9.17, 15) is 9.90 Å². The Hall–Kier alpha value is -1.75. The van der Waals surface area contributed by atoms with Crippen LogP contribution in [0.25, 0.3) is 0 Å². The molecular formula is C15H22N2O3. The minimum Gasteiger partial charge on any atom is -0.497 e. The van der Waals surface area contributed by atoms with Crippen LogP contribution in [0.4, 0.5) is 4.79 Å². The molecule has 0 spiro atoms. The zero-order valence-corrected chi connectivity index (χ0v) is 11.8. The van der Waals surface area contributed by atoms with E-state index >= 15 is 0 Å². The molecule has 110 valence electrons. The minimum absolute atomic E-state index is 0.151. The molecule has 0 radical (unpaired) electrons. The van der Waals surface area contributed by atoms with Crippen molar-refractivity contribution in [3.8, 4) is 5.75 Å². The number of carbonyl (C=O) groups is 1. The molecule has 0 aromatic heterocycles. The number of rotatable bonds is 4. The Morgan fingerprint density at radius 2 is 1.90 bits per heavy atom. The Bertz CT molecular complexity index is 425. The number of aliphatic hydroxyl groups excluding tert-OH is 1. The third-order valence-electron chi connectivity index (χ3n) is 3.64. The number of hydrogen-bond donors (Lipinski definition) is 3. The monoisotopic (exact) mass is 278 g/mol. The van der Waals surface area contributed by atoms with Gasteiger partial charge in [-0.3, -0.25) is 0 Å². The van der Waals surface area contributed by atoms with Crippen LogP contribution in [0.3, 0.4) is 0 Å². The van der Waals surface area contributed by atoms with Gasteiger partial charge in [0.05, 0.1) is 13.2 Å². The van der Waals surface area contributed by atoms with Crippen LogP contribution >= 0.6 is 0 Å². The lowest BCUT2D eigenvalue weighted by atomic mass is 9.93. The molecule has 0 aliphatic heterocycles. The first-order chi connectivity index (χ1) is 9.67. The van der Waals surface area contributed by atoms with E-state index in [-0.39, 0.29) is 18.2 Å². The summed E-state index contributed by atoms with van der Waals surface area (Å²) in [5.74, 6) is 0.805. The van der Waals surface area contributed by atoms with Crippen molar-refractivity contribution in [2.24, 2.45) is 0 Å². The fourth-order valence-electron chi connectivity index (χ4n) is 2.38. The van der Waals surface area contributed by atoms with Gasteiger partial charge in [0.25, 0.3) is 0 Å². The molecule has 5 heteroatoms. The zero-order valence-electron chi connectivity index (χ0n) is 11.8. The van der Waals surface area contributed by atoms with Crippen molar-refractivity contribution in [3.05, 3.63) is 29.8 Å². The van der Waals surface area contributed by atoms with Crippen molar-refractivity contribution in [2.45, 2.75) is 44.4 Å². The molecule has 2 rings (SSSR count). The number of methoxy groups -OCH3 is 1. The predicted octanol–water partition coefficient (Wildman–Crippen LogP) is 1.80. The van der Waals surface area contributed by atoms with Gasteiger partial charge < -0.3 is 20.5 Å². The van der Waals surface area contributed by atoms with Gasteiger partial charge in [-0.15, -0.1) is 0 Å². The van der Waals surface area contributed by atoms with Gasteiger partial charge in [0, 0.05) is 12.6 Å². The number of aliphatic hydroxyl groups is 1. The van der Waals surface area contributed by atoms with Crippen LogP contribution in [0.2, 0.25) is 0 Å². The first-order valence-corrected chi connectivity index (χ1v) is 7.02. The largest absolute Gasteiger partial charge is 0.497 e. The number of ether oxygens (including phenoxy) is 1. The number of urea groups is 1. The Morgan fingerprint density at radius 1 is 1.25 bits per heavy atom. The molecule has 1 aromatic carbocycles. The summed E-state index contributed by atoms with van der Waals surface area (Å²) >= 11 is 0. The maximum absolute atomic E-state index is 11.8. The molecule has 0 atom stereocenters. The third-order valence-corrected chi connectivity index (χ3v) is 3.64. The molecule has 5 nitrogen and oxygen atoms in total. The van der Waals surface area contributed by atoms with E-state index in [4.69, 9.17) is 4.74 Å². The van der Waals surface area contributed by atoms with Gasteiger partial charge in [0.1, 0.15) is 5.75 Å². The van der Waals surface area contributed by atoms with Crippen molar-refractivity contribution in [1.29, 1.82) is 0 Å². The number of benzene rings is 1.